The van der Waals surface area contributed by atoms with Crippen LogP contribution >= 0.6 is 0 Å². The second-order valence-corrected chi connectivity index (χ2v) is 8.01. The Morgan fingerprint density at radius 3 is 2.22 bits per heavy atom. The minimum atomic E-state index is -0.209. The van der Waals surface area contributed by atoms with E-state index in [-0.39, 0.29) is 54.4 Å². The second-order valence-electron chi connectivity index (χ2n) is 8.01. The van der Waals surface area contributed by atoms with Crippen molar-refractivity contribution in [2.24, 2.45) is 35.5 Å². The number of carbonyl (C=O) groups excluding carboxylic acids is 3. The number of methoxy groups -OCH3 is 1. The number of imide groups is 1. The Balaban J connectivity index is 1.22. The lowest BCUT2D eigenvalue weighted by Crippen LogP contribution is -2.40. The SMILES string of the molecule is COc1ccc(NC(=O)CCN2C(=O)C3C4C=CC(C5CC45)C3C2=O)cc1. The lowest BCUT2D eigenvalue weighted by Gasteiger charge is -2.37. The van der Waals surface area contributed by atoms with Gasteiger partial charge >= 0.3 is 0 Å². The standard InChI is InChI=1S/C21H22N2O4/c1-27-12-4-2-11(3-5-12)22-17(24)8-9-23-20(25)18-13-6-7-14(16-10-15(13)16)19(18)21(23)26/h2-7,13-16,18-19H,8-10H2,1H3,(H,22,24). The molecule has 0 spiro atoms. The Bertz CT molecular complexity index is 810. The minimum absolute atomic E-state index is 0.0769. The highest BCUT2D eigenvalue weighted by atomic mass is 16.5. The predicted octanol–water partition coefficient (Wildman–Crippen LogP) is 2.08. The van der Waals surface area contributed by atoms with Gasteiger partial charge in [-0.1, -0.05) is 12.2 Å². The molecule has 1 heterocycles. The number of allylic oxidation sites excluding steroid dienone is 2. The van der Waals surface area contributed by atoms with E-state index in [9.17, 15) is 14.4 Å². The lowest BCUT2D eigenvalue weighted by molar-refractivity contribution is -0.140. The Kier molecular flexibility index (Phi) is 3.64. The first kappa shape index (κ1) is 16.5. The minimum Gasteiger partial charge on any atom is -0.497 e. The molecule has 27 heavy (non-hydrogen) atoms. The van der Waals surface area contributed by atoms with E-state index in [1.54, 1.807) is 31.4 Å². The van der Waals surface area contributed by atoms with Gasteiger partial charge in [-0.05, 0) is 54.4 Å². The van der Waals surface area contributed by atoms with Crippen LogP contribution in [0.25, 0.3) is 0 Å². The van der Waals surface area contributed by atoms with Gasteiger partial charge in [-0.15, -0.1) is 0 Å². The largest absolute Gasteiger partial charge is 0.497 e. The number of nitrogens with zero attached hydrogens (tertiary/aromatic N) is 1. The number of likely N-dealkylation sites (tertiary alicyclic amines) is 1. The van der Waals surface area contributed by atoms with Gasteiger partial charge in [0, 0.05) is 18.7 Å². The molecule has 3 amide bonds. The van der Waals surface area contributed by atoms with Crippen molar-refractivity contribution in [3.8, 4) is 5.75 Å². The van der Waals surface area contributed by atoms with E-state index in [4.69, 9.17) is 4.74 Å². The third-order valence-electron chi connectivity index (χ3n) is 6.69. The van der Waals surface area contributed by atoms with Gasteiger partial charge in [0.05, 0.1) is 18.9 Å². The molecule has 1 aromatic carbocycles. The lowest BCUT2D eigenvalue weighted by atomic mass is 9.63. The molecular formula is C21H22N2O4. The third-order valence-corrected chi connectivity index (χ3v) is 6.69. The van der Waals surface area contributed by atoms with Crippen LogP contribution in [0, 0.1) is 35.5 Å². The summed E-state index contributed by atoms with van der Waals surface area (Å²) in [4.78, 5) is 39.3. The third kappa shape index (κ3) is 2.50. The summed E-state index contributed by atoms with van der Waals surface area (Å²) in [7, 11) is 1.58. The maximum absolute atomic E-state index is 12.9. The molecule has 6 unspecified atom stereocenters. The highest BCUT2D eigenvalue weighted by molar-refractivity contribution is 6.06. The fraction of sp³-hybridized carbons (Fsp3) is 0.476. The molecule has 4 aliphatic carbocycles. The first-order valence-electron chi connectivity index (χ1n) is 9.56. The van der Waals surface area contributed by atoms with Crippen LogP contribution < -0.4 is 10.1 Å². The molecule has 2 bridgehead atoms. The molecule has 1 N–H and O–H groups in total. The van der Waals surface area contributed by atoms with Crippen molar-refractivity contribution in [3.05, 3.63) is 36.4 Å². The van der Waals surface area contributed by atoms with E-state index >= 15 is 0 Å². The summed E-state index contributed by atoms with van der Waals surface area (Å²) in [6.45, 7) is 0.154. The van der Waals surface area contributed by atoms with Crippen LogP contribution in [0.4, 0.5) is 5.69 Å². The summed E-state index contributed by atoms with van der Waals surface area (Å²) in [6, 6.07) is 7.05. The van der Waals surface area contributed by atoms with E-state index in [1.165, 1.54) is 4.90 Å². The summed E-state index contributed by atoms with van der Waals surface area (Å²) in [5, 5.41) is 2.80. The van der Waals surface area contributed by atoms with Crippen molar-refractivity contribution in [1.82, 2.24) is 4.90 Å². The zero-order valence-corrected chi connectivity index (χ0v) is 15.1. The number of ether oxygens (including phenoxy) is 1. The zero-order valence-electron chi connectivity index (χ0n) is 15.1. The molecule has 1 aromatic rings. The Morgan fingerprint density at radius 2 is 1.67 bits per heavy atom. The van der Waals surface area contributed by atoms with Crippen LogP contribution in [0.3, 0.4) is 0 Å². The molecule has 6 nitrogen and oxygen atoms in total. The quantitative estimate of drug-likeness (QED) is 0.639. The zero-order chi connectivity index (χ0) is 18.7. The average Bonchev–Trinajstić information content (AvgIpc) is 3.46. The molecule has 0 aromatic heterocycles. The number of rotatable bonds is 5. The number of hydrogen-bond acceptors (Lipinski definition) is 4. The molecule has 6 heteroatoms. The molecule has 0 radical (unpaired) electrons. The normalized spacial score (nSPS) is 35.1. The smallest absolute Gasteiger partial charge is 0.233 e. The Hall–Kier alpha value is -2.63. The van der Waals surface area contributed by atoms with Crippen LogP contribution in [0.1, 0.15) is 12.8 Å². The van der Waals surface area contributed by atoms with Gasteiger partial charge in [0.15, 0.2) is 0 Å². The van der Waals surface area contributed by atoms with Crippen molar-refractivity contribution >= 4 is 23.4 Å². The summed E-state index contributed by atoms with van der Waals surface area (Å²) in [5.41, 5.74) is 0.663. The second kappa shape index (κ2) is 5.94. The van der Waals surface area contributed by atoms with Crippen molar-refractivity contribution < 1.29 is 19.1 Å². The van der Waals surface area contributed by atoms with Crippen molar-refractivity contribution in [3.63, 3.8) is 0 Å². The van der Waals surface area contributed by atoms with Gasteiger partial charge in [0.1, 0.15) is 5.75 Å². The van der Waals surface area contributed by atoms with E-state index in [0.717, 1.165) is 6.42 Å². The first-order chi connectivity index (χ1) is 13.1. The highest BCUT2D eigenvalue weighted by Gasteiger charge is 2.66. The number of carbonyl (C=O) groups is 3. The molecule has 1 aliphatic heterocycles. The molecule has 6 atom stereocenters. The van der Waals surface area contributed by atoms with Crippen LogP contribution in [-0.4, -0.2) is 36.3 Å². The monoisotopic (exact) mass is 366 g/mol. The Morgan fingerprint density at radius 1 is 1.07 bits per heavy atom. The maximum atomic E-state index is 12.9. The van der Waals surface area contributed by atoms with Crippen LogP contribution in [0.2, 0.25) is 0 Å². The highest BCUT2D eigenvalue weighted by Crippen LogP contribution is 2.65. The van der Waals surface area contributed by atoms with E-state index in [0.29, 0.717) is 23.3 Å². The topological polar surface area (TPSA) is 75.7 Å². The molecule has 1 saturated heterocycles. The van der Waals surface area contributed by atoms with Gasteiger partial charge in [0.25, 0.3) is 0 Å². The fourth-order valence-corrected chi connectivity index (χ4v) is 5.35. The van der Waals surface area contributed by atoms with Crippen molar-refractivity contribution in [2.75, 3.05) is 19.0 Å². The van der Waals surface area contributed by atoms with Gasteiger partial charge in [-0.2, -0.15) is 0 Å². The number of nitrogens with one attached hydrogen (secondary N) is 1. The molecule has 140 valence electrons. The van der Waals surface area contributed by atoms with Crippen LogP contribution in [0.15, 0.2) is 36.4 Å². The average molecular weight is 366 g/mol. The van der Waals surface area contributed by atoms with E-state index in [2.05, 4.69) is 17.5 Å². The van der Waals surface area contributed by atoms with Crippen LogP contribution in [-0.2, 0) is 14.4 Å². The molecule has 5 aliphatic rings. The van der Waals surface area contributed by atoms with E-state index < -0.39 is 0 Å². The summed E-state index contributed by atoms with van der Waals surface area (Å²) in [6.07, 6.45) is 5.58. The summed E-state index contributed by atoms with van der Waals surface area (Å²) >= 11 is 0. The van der Waals surface area contributed by atoms with Crippen molar-refractivity contribution in [1.29, 1.82) is 0 Å². The van der Waals surface area contributed by atoms with E-state index in [1.807, 2.05) is 0 Å². The van der Waals surface area contributed by atoms with Crippen molar-refractivity contribution in [2.45, 2.75) is 12.8 Å². The first-order valence-corrected chi connectivity index (χ1v) is 9.56. The number of hydrogen-bond donors (Lipinski definition) is 1. The summed E-state index contributed by atoms with van der Waals surface area (Å²) < 4.78 is 5.09. The van der Waals surface area contributed by atoms with Gasteiger partial charge in [-0.3, -0.25) is 19.3 Å². The number of benzene rings is 1. The predicted molar refractivity (Wildman–Crippen MR) is 97.7 cm³/mol. The molecule has 3 fully saturated rings. The van der Waals surface area contributed by atoms with Gasteiger partial charge < -0.3 is 10.1 Å². The molecular weight excluding hydrogens is 344 g/mol. The molecule has 6 rings (SSSR count). The van der Waals surface area contributed by atoms with Crippen LogP contribution in [0.5, 0.6) is 5.75 Å². The number of amides is 3. The maximum Gasteiger partial charge on any atom is 0.233 e. The Labute approximate surface area is 157 Å². The van der Waals surface area contributed by atoms with Gasteiger partial charge in [0.2, 0.25) is 17.7 Å². The van der Waals surface area contributed by atoms with Gasteiger partial charge in [-0.25, -0.2) is 0 Å². The summed E-state index contributed by atoms with van der Waals surface area (Å²) in [5.74, 6) is 1.59. The number of anilines is 1. The fourth-order valence-electron chi connectivity index (χ4n) is 5.35. The molecule has 2 saturated carbocycles.